The molecule has 112 valence electrons. The molecule has 0 spiro atoms. The van der Waals surface area contributed by atoms with Crippen LogP contribution in [0.15, 0.2) is 16.9 Å². The number of rotatable bonds is 2. The average molecular weight is 278 g/mol. The average Bonchev–Trinajstić information content (AvgIpc) is 2.88. The number of fused-ring (bicyclic) bond motifs is 2. The van der Waals surface area contributed by atoms with Gasteiger partial charge in [0, 0.05) is 18.6 Å². The van der Waals surface area contributed by atoms with E-state index in [9.17, 15) is 5.11 Å². The van der Waals surface area contributed by atoms with Crippen LogP contribution < -0.4 is 0 Å². The van der Waals surface area contributed by atoms with Crippen LogP contribution in [-0.2, 0) is 11.2 Å². The zero-order valence-electron chi connectivity index (χ0n) is 13.0. The molecule has 20 heavy (non-hydrogen) atoms. The molecule has 2 aliphatic carbocycles. The summed E-state index contributed by atoms with van der Waals surface area (Å²) in [6, 6.07) is 0. The molecule has 0 radical (unpaired) electrons. The Kier molecular flexibility index (Phi) is 3.26. The second-order valence-corrected chi connectivity index (χ2v) is 7.61. The quantitative estimate of drug-likeness (QED) is 0.896. The fraction of sp³-hybridized carbons (Fsp3) is 0.765. The Morgan fingerprint density at radius 1 is 1.30 bits per heavy atom. The van der Waals surface area contributed by atoms with Gasteiger partial charge in [-0.15, -0.1) is 0 Å². The maximum absolute atomic E-state index is 11.0. The van der Waals surface area contributed by atoms with Gasteiger partial charge in [-0.1, -0.05) is 13.8 Å². The Bertz CT molecular complexity index is 486. The van der Waals surface area contributed by atoms with Crippen molar-refractivity contribution in [2.75, 3.05) is 6.61 Å². The second-order valence-electron chi connectivity index (χ2n) is 7.61. The van der Waals surface area contributed by atoms with E-state index >= 15 is 0 Å². The molecular formula is C17H26O3. The lowest BCUT2D eigenvalue weighted by Crippen LogP contribution is -2.39. The van der Waals surface area contributed by atoms with Gasteiger partial charge in [-0.25, -0.2) is 0 Å². The van der Waals surface area contributed by atoms with E-state index < -0.39 is 5.60 Å². The molecule has 4 unspecified atom stereocenters. The Labute approximate surface area is 121 Å². The second kappa shape index (κ2) is 4.60. The first-order valence-electron chi connectivity index (χ1n) is 7.73. The first kappa shape index (κ1) is 14.2. The highest BCUT2D eigenvalue weighted by molar-refractivity contribution is 5.30. The summed E-state index contributed by atoms with van der Waals surface area (Å²) in [5, 5.41) is 11.0. The molecular weight excluding hydrogens is 252 g/mol. The van der Waals surface area contributed by atoms with E-state index in [0.29, 0.717) is 24.9 Å². The zero-order chi connectivity index (χ0) is 14.5. The van der Waals surface area contributed by atoms with Crippen molar-refractivity contribution in [2.45, 2.75) is 58.7 Å². The van der Waals surface area contributed by atoms with E-state index in [1.807, 2.05) is 20.1 Å². The lowest BCUT2D eigenvalue weighted by atomic mass is 9.78. The van der Waals surface area contributed by atoms with E-state index in [0.717, 1.165) is 24.0 Å². The van der Waals surface area contributed by atoms with Crippen LogP contribution in [0.3, 0.4) is 0 Å². The van der Waals surface area contributed by atoms with Gasteiger partial charge in [0.15, 0.2) is 0 Å². The van der Waals surface area contributed by atoms with Gasteiger partial charge in [-0.2, -0.15) is 0 Å². The van der Waals surface area contributed by atoms with Gasteiger partial charge in [0.05, 0.1) is 24.2 Å². The van der Waals surface area contributed by atoms with E-state index in [2.05, 4.69) is 13.8 Å². The molecule has 1 N–H and O–H groups in total. The highest BCUT2D eigenvalue weighted by Crippen LogP contribution is 2.57. The van der Waals surface area contributed by atoms with E-state index in [-0.39, 0.29) is 11.5 Å². The topological polar surface area (TPSA) is 42.6 Å². The summed E-state index contributed by atoms with van der Waals surface area (Å²) in [5.74, 6) is 0.667. The summed E-state index contributed by atoms with van der Waals surface area (Å²) < 4.78 is 11.5. The summed E-state index contributed by atoms with van der Waals surface area (Å²) in [6.45, 7) is 9.32. The van der Waals surface area contributed by atoms with Crippen molar-refractivity contribution in [3.63, 3.8) is 0 Å². The fourth-order valence-corrected chi connectivity index (χ4v) is 4.48. The summed E-state index contributed by atoms with van der Waals surface area (Å²) in [6.07, 6.45) is 6.49. The Morgan fingerprint density at radius 3 is 2.75 bits per heavy atom. The van der Waals surface area contributed by atoms with Crippen LogP contribution in [0, 0.1) is 17.3 Å². The minimum Gasteiger partial charge on any atom is -0.472 e. The largest absolute Gasteiger partial charge is 0.472 e. The Hall–Kier alpha value is -0.800. The number of furan rings is 1. The van der Waals surface area contributed by atoms with Gasteiger partial charge in [-0.05, 0) is 49.5 Å². The van der Waals surface area contributed by atoms with Crippen LogP contribution in [-0.4, -0.2) is 17.3 Å². The SMILES string of the molecule is CCOC1c2cocc2CC(C)(O)C2CC(C)(C)CC12. The smallest absolute Gasteiger partial charge is 0.0963 e. The third kappa shape index (κ3) is 2.21. The van der Waals surface area contributed by atoms with Crippen LogP contribution >= 0.6 is 0 Å². The Morgan fingerprint density at radius 2 is 2.05 bits per heavy atom. The highest BCUT2D eigenvalue weighted by atomic mass is 16.5. The van der Waals surface area contributed by atoms with Crippen LogP contribution in [0.1, 0.15) is 57.8 Å². The van der Waals surface area contributed by atoms with Crippen LogP contribution in [0.2, 0.25) is 0 Å². The van der Waals surface area contributed by atoms with Crippen LogP contribution in [0.25, 0.3) is 0 Å². The van der Waals surface area contributed by atoms with Crippen LogP contribution in [0.4, 0.5) is 0 Å². The van der Waals surface area contributed by atoms with Crippen molar-refractivity contribution < 1.29 is 14.3 Å². The summed E-state index contributed by atoms with van der Waals surface area (Å²) >= 11 is 0. The standard InChI is InChI=1S/C17H26O3/c1-5-20-15-12-7-16(2,3)8-14(12)17(4,18)6-11-9-19-10-13(11)15/h9-10,12,14-15,18H,5-8H2,1-4H3. The normalized spacial score (nSPS) is 39.1. The van der Waals surface area contributed by atoms with Crippen LogP contribution in [0.5, 0.6) is 0 Å². The number of hydrogen-bond acceptors (Lipinski definition) is 3. The monoisotopic (exact) mass is 278 g/mol. The molecule has 0 aliphatic heterocycles. The molecule has 1 fully saturated rings. The molecule has 0 amide bonds. The third-order valence-corrected chi connectivity index (χ3v) is 5.24. The fourth-order valence-electron chi connectivity index (χ4n) is 4.48. The predicted octanol–water partition coefficient (Wildman–Crippen LogP) is 3.72. The van der Waals surface area contributed by atoms with E-state index in [4.69, 9.17) is 9.15 Å². The number of hydrogen-bond donors (Lipinski definition) is 1. The summed E-state index contributed by atoms with van der Waals surface area (Å²) in [5.41, 5.74) is 1.86. The van der Waals surface area contributed by atoms with Crippen molar-refractivity contribution in [1.82, 2.24) is 0 Å². The molecule has 3 rings (SSSR count). The maximum atomic E-state index is 11.0. The third-order valence-electron chi connectivity index (χ3n) is 5.24. The van der Waals surface area contributed by atoms with Crippen molar-refractivity contribution in [2.24, 2.45) is 17.3 Å². The molecule has 3 nitrogen and oxygen atoms in total. The lowest BCUT2D eigenvalue weighted by Gasteiger charge is -2.34. The lowest BCUT2D eigenvalue weighted by molar-refractivity contribution is -0.0575. The van der Waals surface area contributed by atoms with Crippen molar-refractivity contribution in [1.29, 1.82) is 0 Å². The van der Waals surface area contributed by atoms with E-state index in [1.165, 1.54) is 0 Å². The van der Waals surface area contributed by atoms with E-state index in [1.54, 1.807) is 6.26 Å². The maximum Gasteiger partial charge on any atom is 0.0963 e. The van der Waals surface area contributed by atoms with Gasteiger partial charge in [-0.3, -0.25) is 0 Å². The molecule has 1 aromatic heterocycles. The predicted molar refractivity (Wildman–Crippen MR) is 77.4 cm³/mol. The van der Waals surface area contributed by atoms with Gasteiger partial charge in [0.25, 0.3) is 0 Å². The number of aliphatic hydroxyl groups is 1. The minimum absolute atomic E-state index is 0.0644. The Balaban J connectivity index is 2.05. The first-order chi connectivity index (χ1) is 9.34. The minimum atomic E-state index is -0.678. The molecule has 0 aromatic carbocycles. The van der Waals surface area contributed by atoms with Crippen molar-refractivity contribution in [3.8, 4) is 0 Å². The molecule has 2 aliphatic rings. The van der Waals surface area contributed by atoms with Crippen molar-refractivity contribution >= 4 is 0 Å². The first-order valence-corrected chi connectivity index (χ1v) is 7.73. The number of ether oxygens (including phenoxy) is 1. The summed E-state index contributed by atoms with van der Waals surface area (Å²) in [4.78, 5) is 0. The molecule has 1 aromatic rings. The molecule has 0 saturated heterocycles. The highest BCUT2D eigenvalue weighted by Gasteiger charge is 2.53. The molecule has 0 bridgehead atoms. The van der Waals surface area contributed by atoms with Gasteiger partial charge in [0.1, 0.15) is 0 Å². The van der Waals surface area contributed by atoms with Gasteiger partial charge >= 0.3 is 0 Å². The van der Waals surface area contributed by atoms with Crippen molar-refractivity contribution in [3.05, 3.63) is 23.7 Å². The molecule has 1 saturated carbocycles. The summed E-state index contributed by atoms with van der Waals surface area (Å²) in [7, 11) is 0. The van der Waals surface area contributed by atoms with Gasteiger partial charge < -0.3 is 14.3 Å². The molecule has 4 atom stereocenters. The molecule has 1 heterocycles. The molecule has 3 heteroatoms. The van der Waals surface area contributed by atoms with Gasteiger partial charge in [0.2, 0.25) is 0 Å². The zero-order valence-corrected chi connectivity index (χ0v) is 13.0.